The van der Waals surface area contributed by atoms with E-state index < -0.39 is 0 Å². The predicted octanol–water partition coefficient (Wildman–Crippen LogP) is 3.46. The Morgan fingerprint density at radius 3 is 2.86 bits per heavy atom. The molecule has 0 radical (unpaired) electrons. The van der Waals surface area contributed by atoms with Crippen molar-refractivity contribution < 1.29 is 9.53 Å². The molecule has 0 saturated heterocycles. The minimum absolute atomic E-state index is 0.0789. The molecule has 0 aliphatic rings. The first-order valence-electron chi connectivity index (χ1n) is 4.49. The molecular weight excluding hydrogens is 216 g/mol. The number of Topliss-reactive ketones (excluding diaryl/α,β-unsaturated/α-hetero) is 1. The van der Waals surface area contributed by atoms with Crippen LogP contribution in [0.15, 0.2) is 10.3 Å². The molecule has 1 aromatic rings. The summed E-state index contributed by atoms with van der Waals surface area (Å²) in [5.41, 5.74) is 0. The van der Waals surface area contributed by atoms with Crippen molar-refractivity contribution in [3.05, 3.63) is 10.3 Å². The number of thiophene rings is 1. The van der Waals surface area contributed by atoms with Gasteiger partial charge in [0.05, 0.1) is 12.0 Å². The van der Waals surface area contributed by atoms with Crippen molar-refractivity contribution in [3.8, 4) is 5.75 Å². The molecule has 0 aromatic carbocycles. The summed E-state index contributed by atoms with van der Waals surface area (Å²) in [6, 6.07) is 0. The highest BCUT2D eigenvalue weighted by Crippen LogP contribution is 2.38. The summed E-state index contributed by atoms with van der Waals surface area (Å²) in [6.07, 6.45) is 1.12. The van der Waals surface area contributed by atoms with Gasteiger partial charge in [-0.25, -0.2) is 0 Å². The molecule has 14 heavy (non-hydrogen) atoms. The molecule has 0 bridgehead atoms. The van der Waals surface area contributed by atoms with E-state index in [1.54, 1.807) is 25.8 Å². The predicted molar refractivity (Wildman–Crippen MR) is 61.9 cm³/mol. The average molecular weight is 230 g/mol. The fraction of sp³-hybridized carbons (Fsp3) is 0.500. The molecule has 1 heterocycles. The molecule has 0 amide bonds. The normalized spacial score (nSPS) is 10.2. The smallest absolute Gasteiger partial charge is 0.173 e. The molecular formula is C10H14O2S2. The molecule has 0 N–H and O–H groups in total. The lowest BCUT2D eigenvalue weighted by atomic mass is 10.3. The van der Waals surface area contributed by atoms with E-state index in [0.29, 0.717) is 0 Å². The SMILES string of the molecule is CCCSc1csc(C(C)=O)c1OC. The minimum Gasteiger partial charge on any atom is -0.494 e. The van der Waals surface area contributed by atoms with Crippen LogP contribution in [0.1, 0.15) is 29.9 Å². The summed E-state index contributed by atoms with van der Waals surface area (Å²) >= 11 is 3.21. The summed E-state index contributed by atoms with van der Waals surface area (Å²) in [7, 11) is 1.62. The first-order valence-corrected chi connectivity index (χ1v) is 6.36. The van der Waals surface area contributed by atoms with Crippen LogP contribution in [-0.2, 0) is 0 Å². The molecule has 0 saturated carbocycles. The largest absolute Gasteiger partial charge is 0.494 e. The monoisotopic (exact) mass is 230 g/mol. The molecule has 0 aliphatic carbocycles. The zero-order valence-corrected chi connectivity index (χ0v) is 10.3. The number of hydrogen-bond acceptors (Lipinski definition) is 4. The molecule has 2 nitrogen and oxygen atoms in total. The fourth-order valence-electron chi connectivity index (χ4n) is 1.08. The topological polar surface area (TPSA) is 26.3 Å². The molecule has 0 aliphatic heterocycles. The van der Waals surface area contributed by atoms with Gasteiger partial charge in [-0.15, -0.1) is 23.1 Å². The van der Waals surface area contributed by atoms with Crippen molar-refractivity contribution >= 4 is 28.9 Å². The number of thioether (sulfide) groups is 1. The standard InChI is InChI=1S/C10H14O2S2/c1-4-5-13-8-6-14-10(7(2)11)9(8)12-3/h6H,4-5H2,1-3H3. The van der Waals surface area contributed by atoms with Crippen LogP contribution in [-0.4, -0.2) is 18.6 Å². The maximum absolute atomic E-state index is 11.2. The van der Waals surface area contributed by atoms with E-state index in [4.69, 9.17) is 4.74 Å². The summed E-state index contributed by atoms with van der Waals surface area (Å²) in [5.74, 6) is 1.89. The molecule has 4 heteroatoms. The minimum atomic E-state index is 0.0789. The summed E-state index contributed by atoms with van der Waals surface area (Å²) in [4.78, 5) is 13.0. The van der Waals surface area contributed by atoms with E-state index in [1.807, 2.05) is 5.38 Å². The Kier molecular flexibility index (Phi) is 4.48. The third-order valence-electron chi connectivity index (χ3n) is 1.70. The first kappa shape index (κ1) is 11.6. The van der Waals surface area contributed by atoms with Gasteiger partial charge < -0.3 is 4.74 Å². The van der Waals surface area contributed by atoms with Gasteiger partial charge in [0.1, 0.15) is 4.88 Å². The van der Waals surface area contributed by atoms with Gasteiger partial charge in [-0.05, 0) is 12.2 Å². The van der Waals surface area contributed by atoms with Crippen LogP contribution >= 0.6 is 23.1 Å². The van der Waals surface area contributed by atoms with Crippen molar-refractivity contribution in [3.63, 3.8) is 0 Å². The zero-order chi connectivity index (χ0) is 10.6. The maximum Gasteiger partial charge on any atom is 0.173 e. The summed E-state index contributed by atoms with van der Waals surface area (Å²) < 4.78 is 5.24. The molecule has 78 valence electrons. The van der Waals surface area contributed by atoms with E-state index in [0.717, 1.165) is 27.7 Å². The summed E-state index contributed by atoms with van der Waals surface area (Å²) in [6.45, 7) is 3.71. The van der Waals surface area contributed by atoms with Gasteiger partial charge >= 0.3 is 0 Å². The second kappa shape index (κ2) is 5.41. The zero-order valence-electron chi connectivity index (χ0n) is 8.62. The molecule has 0 atom stereocenters. The molecule has 1 aromatic heterocycles. The number of ketones is 1. The third kappa shape index (κ3) is 2.51. The number of carbonyl (C=O) groups is 1. The Balaban J connectivity index is 2.89. The Bertz CT molecular complexity index is 318. The molecule has 0 unspecified atom stereocenters. The van der Waals surface area contributed by atoms with Gasteiger partial charge in [-0.3, -0.25) is 4.79 Å². The average Bonchev–Trinajstić information content (AvgIpc) is 2.57. The van der Waals surface area contributed by atoms with E-state index in [-0.39, 0.29) is 5.78 Å². The van der Waals surface area contributed by atoms with Crippen molar-refractivity contribution in [2.45, 2.75) is 25.2 Å². The van der Waals surface area contributed by atoms with Crippen molar-refractivity contribution in [2.75, 3.05) is 12.9 Å². The number of hydrogen-bond donors (Lipinski definition) is 0. The highest BCUT2D eigenvalue weighted by atomic mass is 32.2. The highest BCUT2D eigenvalue weighted by molar-refractivity contribution is 7.99. The van der Waals surface area contributed by atoms with Gasteiger partial charge in [0.2, 0.25) is 0 Å². The third-order valence-corrected chi connectivity index (χ3v) is 4.14. The van der Waals surface area contributed by atoms with Crippen LogP contribution in [0, 0.1) is 0 Å². The van der Waals surface area contributed by atoms with Crippen molar-refractivity contribution in [2.24, 2.45) is 0 Å². The van der Waals surface area contributed by atoms with E-state index >= 15 is 0 Å². The number of rotatable bonds is 5. The molecule has 0 spiro atoms. The van der Waals surface area contributed by atoms with Gasteiger partial charge in [0.25, 0.3) is 0 Å². The van der Waals surface area contributed by atoms with Crippen molar-refractivity contribution in [1.82, 2.24) is 0 Å². The lowest BCUT2D eigenvalue weighted by molar-refractivity contribution is 0.101. The second-order valence-electron chi connectivity index (χ2n) is 2.87. The molecule has 1 rings (SSSR count). The van der Waals surface area contributed by atoms with Crippen LogP contribution in [0.5, 0.6) is 5.75 Å². The Morgan fingerprint density at radius 1 is 1.64 bits per heavy atom. The van der Waals surface area contributed by atoms with Crippen LogP contribution in [0.3, 0.4) is 0 Å². The van der Waals surface area contributed by atoms with Gasteiger partial charge in [0, 0.05) is 12.3 Å². The van der Waals surface area contributed by atoms with E-state index in [2.05, 4.69) is 6.92 Å². The number of methoxy groups -OCH3 is 1. The van der Waals surface area contributed by atoms with Gasteiger partial charge in [-0.2, -0.15) is 0 Å². The lowest BCUT2D eigenvalue weighted by Crippen LogP contribution is -1.93. The van der Waals surface area contributed by atoms with Gasteiger partial charge in [0.15, 0.2) is 11.5 Å². The highest BCUT2D eigenvalue weighted by Gasteiger charge is 2.15. The van der Waals surface area contributed by atoms with Crippen LogP contribution in [0.2, 0.25) is 0 Å². The van der Waals surface area contributed by atoms with Crippen LogP contribution in [0.25, 0.3) is 0 Å². The quantitative estimate of drug-likeness (QED) is 0.572. The van der Waals surface area contributed by atoms with Crippen molar-refractivity contribution in [1.29, 1.82) is 0 Å². The van der Waals surface area contributed by atoms with E-state index in [9.17, 15) is 4.79 Å². The van der Waals surface area contributed by atoms with Crippen LogP contribution in [0.4, 0.5) is 0 Å². The van der Waals surface area contributed by atoms with E-state index in [1.165, 1.54) is 11.3 Å². The summed E-state index contributed by atoms with van der Waals surface area (Å²) in [5, 5.41) is 2.00. The fourth-order valence-corrected chi connectivity index (χ4v) is 3.10. The Morgan fingerprint density at radius 2 is 2.36 bits per heavy atom. The van der Waals surface area contributed by atoms with Crippen LogP contribution < -0.4 is 4.74 Å². The number of ether oxygens (including phenoxy) is 1. The maximum atomic E-state index is 11.2. The number of carbonyl (C=O) groups excluding carboxylic acids is 1. The Hall–Kier alpha value is -0.480. The first-order chi connectivity index (χ1) is 6.70. The Labute approximate surface area is 92.7 Å². The molecule has 0 fully saturated rings. The van der Waals surface area contributed by atoms with Gasteiger partial charge in [-0.1, -0.05) is 6.92 Å². The second-order valence-corrected chi connectivity index (χ2v) is 4.88. The lowest BCUT2D eigenvalue weighted by Gasteiger charge is -2.03.